The highest BCUT2D eigenvalue weighted by Gasteiger charge is 2.20. The Kier molecular flexibility index (Phi) is 3.18. The molecule has 0 amide bonds. The van der Waals surface area contributed by atoms with Gasteiger partial charge in [0, 0.05) is 42.8 Å². The van der Waals surface area contributed by atoms with Crippen LogP contribution in [0.4, 0.5) is 5.69 Å². The molecule has 0 aromatic carbocycles. The van der Waals surface area contributed by atoms with Gasteiger partial charge in [0.25, 0.3) is 0 Å². The van der Waals surface area contributed by atoms with Gasteiger partial charge in [-0.05, 0) is 13.0 Å². The van der Waals surface area contributed by atoms with E-state index in [1.54, 1.807) is 0 Å². The highest BCUT2D eigenvalue weighted by atomic mass is 16.5. The monoisotopic (exact) mass is 207 g/mol. The van der Waals surface area contributed by atoms with Crippen molar-refractivity contribution in [1.29, 1.82) is 0 Å². The molecule has 1 aliphatic rings. The van der Waals surface area contributed by atoms with Crippen LogP contribution in [0.3, 0.4) is 0 Å². The van der Waals surface area contributed by atoms with Crippen molar-refractivity contribution in [3.05, 3.63) is 24.0 Å². The molecule has 1 aromatic rings. The number of hydrogen-bond acceptors (Lipinski definition) is 4. The van der Waals surface area contributed by atoms with Gasteiger partial charge in [-0.1, -0.05) is 0 Å². The molecule has 2 heterocycles. The Balaban J connectivity index is 2.26. The van der Waals surface area contributed by atoms with Gasteiger partial charge in [-0.2, -0.15) is 0 Å². The van der Waals surface area contributed by atoms with Crippen LogP contribution >= 0.6 is 0 Å². The third-order valence-electron chi connectivity index (χ3n) is 2.77. The first-order valence-corrected chi connectivity index (χ1v) is 5.30. The summed E-state index contributed by atoms with van der Waals surface area (Å²) in [5.74, 6) is 0. The van der Waals surface area contributed by atoms with E-state index in [9.17, 15) is 0 Å². The summed E-state index contributed by atoms with van der Waals surface area (Å²) in [6.07, 6.45) is 3.66. The van der Waals surface area contributed by atoms with Crippen LogP contribution in [0.2, 0.25) is 0 Å². The first kappa shape index (κ1) is 10.4. The second kappa shape index (κ2) is 4.59. The molecular weight excluding hydrogens is 190 g/mol. The smallest absolute Gasteiger partial charge is 0.0668 e. The number of morpholine rings is 1. The van der Waals surface area contributed by atoms with Crippen molar-refractivity contribution < 1.29 is 4.74 Å². The topological polar surface area (TPSA) is 51.4 Å². The lowest BCUT2D eigenvalue weighted by Crippen LogP contribution is -2.44. The van der Waals surface area contributed by atoms with Crippen LogP contribution in [0.15, 0.2) is 18.5 Å². The lowest BCUT2D eigenvalue weighted by Gasteiger charge is -2.36. The highest BCUT2D eigenvalue weighted by Crippen LogP contribution is 2.22. The normalized spacial score (nSPS) is 21.7. The molecule has 1 aliphatic heterocycles. The minimum absolute atomic E-state index is 0.409. The summed E-state index contributed by atoms with van der Waals surface area (Å²) in [6.45, 7) is 5.20. The van der Waals surface area contributed by atoms with E-state index in [2.05, 4.69) is 16.8 Å². The van der Waals surface area contributed by atoms with Crippen molar-refractivity contribution in [3.8, 4) is 0 Å². The van der Waals surface area contributed by atoms with Crippen LogP contribution < -0.4 is 10.6 Å². The molecule has 4 nitrogen and oxygen atoms in total. The zero-order chi connectivity index (χ0) is 10.7. The van der Waals surface area contributed by atoms with Gasteiger partial charge >= 0.3 is 0 Å². The van der Waals surface area contributed by atoms with Gasteiger partial charge in [0.05, 0.1) is 13.2 Å². The minimum Gasteiger partial charge on any atom is -0.377 e. The summed E-state index contributed by atoms with van der Waals surface area (Å²) in [7, 11) is 0. The SMILES string of the molecule is CC1COCCN1c1ccncc1CN. The Bertz CT molecular complexity index is 329. The predicted octanol–water partition coefficient (Wildman–Crippen LogP) is 0.765. The van der Waals surface area contributed by atoms with Gasteiger partial charge in [0.15, 0.2) is 0 Å². The maximum atomic E-state index is 5.70. The minimum atomic E-state index is 0.409. The lowest BCUT2D eigenvalue weighted by atomic mass is 10.1. The van der Waals surface area contributed by atoms with Gasteiger partial charge in [-0.15, -0.1) is 0 Å². The standard InChI is InChI=1S/C11H17N3O/c1-9-8-15-5-4-14(9)11-2-3-13-7-10(11)6-12/h2-3,7,9H,4-6,8,12H2,1H3. The molecule has 2 N–H and O–H groups in total. The van der Waals surface area contributed by atoms with Crippen LogP contribution in [0.5, 0.6) is 0 Å². The lowest BCUT2D eigenvalue weighted by molar-refractivity contribution is 0.0988. The number of hydrogen-bond donors (Lipinski definition) is 1. The Morgan fingerprint density at radius 2 is 2.53 bits per heavy atom. The van der Waals surface area contributed by atoms with Crippen LogP contribution in [-0.2, 0) is 11.3 Å². The van der Waals surface area contributed by atoms with E-state index >= 15 is 0 Å². The first-order chi connectivity index (χ1) is 7.33. The molecule has 1 fully saturated rings. The molecule has 1 saturated heterocycles. The predicted molar refractivity (Wildman–Crippen MR) is 59.8 cm³/mol. The molecule has 4 heteroatoms. The van der Waals surface area contributed by atoms with E-state index in [0.29, 0.717) is 12.6 Å². The fourth-order valence-electron chi connectivity index (χ4n) is 1.94. The molecule has 1 atom stereocenters. The van der Waals surface area contributed by atoms with Gasteiger partial charge in [0.1, 0.15) is 0 Å². The average molecular weight is 207 g/mol. The summed E-state index contributed by atoms with van der Waals surface area (Å²) < 4.78 is 5.42. The van der Waals surface area contributed by atoms with Gasteiger partial charge in [0.2, 0.25) is 0 Å². The second-order valence-electron chi connectivity index (χ2n) is 3.83. The number of nitrogens with two attached hydrogens (primary N) is 1. The van der Waals surface area contributed by atoms with Crippen molar-refractivity contribution in [2.45, 2.75) is 19.5 Å². The quantitative estimate of drug-likeness (QED) is 0.778. The molecule has 1 unspecified atom stereocenters. The van der Waals surface area contributed by atoms with E-state index in [4.69, 9.17) is 10.5 Å². The molecule has 0 bridgehead atoms. The Morgan fingerprint density at radius 1 is 1.67 bits per heavy atom. The van der Waals surface area contributed by atoms with Crippen molar-refractivity contribution in [2.24, 2.45) is 5.73 Å². The van der Waals surface area contributed by atoms with Crippen molar-refractivity contribution >= 4 is 5.69 Å². The fourth-order valence-corrected chi connectivity index (χ4v) is 1.94. The largest absolute Gasteiger partial charge is 0.377 e. The number of nitrogens with zero attached hydrogens (tertiary/aromatic N) is 2. The third kappa shape index (κ3) is 2.11. The van der Waals surface area contributed by atoms with Crippen LogP contribution in [0, 0.1) is 0 Å². The maximum absolute atomic E-state index is 5.70. The van der Waals surface area contributed by atoms with Crippen LogP contribution in [0.1, 0.15) is 12.5 Å². The zero-order valence-electron chi connectivity index (χ0n) is 9.02. The van der Waals surface area contributed by atoms with E-state index in [-0.39, 0.29) is 0 Å². The second-order valence-corrected chi connectivity index (χ2v) is 3.83. The number of pyridine rings is 1. The van der Waals surface area contributed by atoms with Crippen LogP contribution in [0.25, 0.3) is 0 Å². The van der Waals surface area contributed by atoms with Gasteiger partial charge in [-0.25, -0.2) is 0 Å². The molecule has 15 heavy (non-hydrogen) atoms. The summed E-state index contributed by atoms with van der Waals surface area (Å²) in [6, 6.07) is 2.44. The molecule has 82 valence electrons. The van der Waals surface area contributed by atoms with Gasteiger partial charge in [-0.3, -0.25) is 4.98 Å². The number of ether oxygens (including phenoxy) is 1. The molecule has 2 rings (SSSR count). The molecule has 0 spiro atoms. The molecule has 0 radical (unpaired) electrons. The molecular formula is C11H17N3O. The number of anilines is 1. The summed E-state index contributed by atoms with van der Waals surface area (Å²) in [5.41, 5.74) is 8.01. The molecule has 0 aliphatic carbocycles. The Morgan fingerprint density at radius 3 is 3.27 bits per heavy atom. The zero-order valence-corrected chi connectivity index (χ0v) is 9.02. The van der Waals surface area contributed by atoms with Crippen LogP contribution in [-0.4, -0.2) is 30.8 Å². The Hall–Kier alpha value is -1.13. The van der Waals surface area contributed by atoms with E-state index in [1.807, 2.05) is 18.5 Å². The third-order valence-corrected chi connectivity index (χ3v) is 2.77. The number of aromatic nitrogens is 1. The summed E-state index contributed by atoms with van der Waals surface area (Å²) in [5, 5.41) is 0. The van der Waals surface area contributed by atoms with Crippen molar-refractivity contribution in [3.63, 3.8) is 0 Å². The molecule has 1 aromatic heterocycles. The summed E-state index contributed by atoms with van der Waals surface area (Å²) in [4.78, 5) is 6.44. The van der Waals surface area contributed by atoms with Gasteiger partial charge < -0.3 is 15.4 Å². The van der Waals surface area contributed by atoms with E-state index < -0.39 is 0 Å². The maximum Gasteiger partial charge on any atom is 0.0668 e. The number of rotatable bonds is 2. The fraction of sp³-hybridized carbons (Fsp3) is 0.545. The van der Waals surface area contributed by atoms with Crippen molar-refractivity contribution in [2.75, 3.05) is 24.7 Å². The average Bonchev–Trinajstić information content (AvgIpc) is 2.30. The van der Waals surface area contributed by atoms with Crippen molar-refractivity contribution in [1.82, 2.24) is 4.98 Å². The van der Waals surface area contributed by atoms with E-state index in [0.717, 1.165) is 25.3 Å². The highest BCUT2D eigenvalue weighted by molar-refractivity contribution is 5.53. The van der Waals surface area contributed by atoms with E-state index in [1.165, 1.54) is 5.69 Å². The molecule has 0 saturated carbocycles. The summed E-state index contributed by atoms with van der Waals surface area (Å²) >= 11 is 0. The first-order valence-electron chi connectivity index (χ1n) is 5.30. The Labute approximate surface area is 90.0 Å².